The number of sulfone groups is 1. The van der Waals surface area contributed by atoms with Gasteiger partial charge in [0.1, 0.15) is 0 Å². The molecule has 2 unspecified atom stereocenters. The third-order valence-electron chi connectivity index (χ3n) is 3.05. The van der Waals surface area contributed by atoms with Crippen LogP contribution in [0.3, 0.4) is 0 Å². The molecule has 1 aromatic rings. The van der Waals surface area contributed by atoms with E-state index in [1.165, 1.54) is 6.92 Å². The van der Waals surface area contributed by atoms with E-state index in [2.05, 4.69) is 0 Å². The molecule has 0 saturated heterocycles. The van der Waals surface area contributed by atoms with Gasteiger partial charge >= 0.3 is 6.18 Å². The van der Waals surface area contributed by atoms with E-state index in [1.54, 1.807) is 0 Å². The van der Waals surface area contributed by atoms with E-state index in [0.29, 0.717) is 0 Å². The molecule has 1 aliphatic heterocycles. The van der Waals surface area contributed by atoms with Gasteiger partial charge in [-0.15, -0.1) is 0 Å². The highest BCUT2D eigenvalue weighted by atomic mass is 32.2. The van der Waals surface area contributed by atoms with Gasteiger partial charge in [0.15, 0.2) is 9.84 Å². The van der Waals surface area contributed by atoms with Crippen LogP contribution in [0.1, 0.15) is 24.0 Å². The van der Waals surface area contributed by atoms with Crippen molar-refractivity contribution in [3.63, 3.8) is 0 Å². The van der Waals surface area contributed by atoms with Crippen LogP contribution in [0, 0.1) is 0 Å². The highest BCUT2D eigenvalue weighted by Crippen LogP contribution is 2.40. The number of hydrogen-bond donors (Lipinski definition) is 1. The fourth-order valence-electron chi connectivity index (χ4n) is 2.11. The molecule has 0 bridgehead atoms. The zero-order valence-electron chi connectivity index (χ0n) is 9.40. The maximum Gasteiger partial charge on any atom is 0.416 e. The SMILES string of the molecule is CC(O)C1CS(=O)(=O)c2ccc(C(F)(F)F)cc21. The van der Waals surface area contributed by atoms with Crippen LogP contribution in [0.15, 0.2) is 23.1 Å². The molecule has 0 aliphatic carbocycles. The molecule has 0 radical (unpaired) electrons. The average Bonchev–Trinajstić information content (AvgIpc) is 2.49. The number of fused-ring (bicyclic) bond motifs is 1. The Kier molecular flexibility index (Phi) is 2.94. The predicted molar refractivity (Wildman–Crippen MR) is 57.9 cm³/mol. The first-order valence-electron chi connectivity index (χ1n) is 5.25. The third-order valence-corrected chi connectivity index (χ3v) is 4.89. The van der Waals surface area contributed by atoms with Crippen LogP contribution in [0.5, 0.6) is 0 Å². The second-order valence-electron chi connectivity index (χ2n) is 4.38. The zero-order valence-corrected chi connectivity index (χ0v) is 10.2. The molecule has 1 heterocycles. The molecule has 7 heteroatoms. The Morgan fingerprint density at radius 3 is 2.50 bits per heavy atom. The second kappa shape index (κ2) is 3.96. The Morgan fingerprint density at radius 2 is 2.00 bits per heavy atom. The molecule has 2 atom stereocenters. The summed E-state index contributed by atoms with van der Waals surface area (Å²) in [5, 5.41) is 9.48. The molecule has 1 N–H and O–H groups in total. The Morgan fingerprint density at radius 1 is 1.39 bits per heavy atom. The van der Waals surface area contributed by atoms with Gasteiger partial charge in [-0.05, 0) is 30.7 Å². The van der Waals surface area contributed by atoms with Crippen LogP contribution in [0.2, 0.25) is 0 Å². The van der Waals surface area contributed by atoms with Gasteiger partial charge in [0.25, 0.3) is 0 Å². The van der Waals surface area contributed by atoms with E-state index in [0.717, 1.165) is 18.2 Å². The number of benzene rings is 1. The van der Waals surface area contributed by atoms with Crippen LogP contribution in [-0.4, -0.2) is 25.4 Å². The van der Waals surface area contributed by atoms with Crippen LogP contribution in [-0.2, 0) is 16.0 Å². The fraction of sp³-hybridized carbons (Fsp3) is 0.455. The van der Waals surface area contributed by atoms with Crippen molar-refractivity contribution >= 4 is 9.84 Å². The normalized spacial score (nSPS) is 23.7. The van der Waals surface area contributed by atoms with Crippen LogP contribution >= 0.6 is 0 Å². The van der Waals surface area contributed by atoms with E-state index in [4.69, 9.17) is 0 Å². The molecule has 18 heavy (non-hydrogen) atoms. The van der Waals surface area contributed by atoms with E-state index < -0.39 is 33.6 Å². The van der Waals surface area contributed by atoms with E-state index in [9.17, 15) is 26.7 Å². The summed E-state index contributed by atoms with van der Waals surface area (Å²) in [6, 6.07) is 2.54. The quantitative estimate of drug-likeness (QED) is 0.855. The minimum atomic E-state index is -4.52. The summed E-state index contributed by atoms with van der Waals surface area (Å²) in [7, 11) is -3.59. The summed E-state index contributed by atoms with van der Waals surface area (Å²) in [6.07, 6.45) is -5.53. The zero-order chi connectivity index (χ0) is 13.7. The highest BCUT2D eigenvalue weighted by Gasteiger charge is 2.40. The van der Waals surface area contributed by atoms with E-state index in [-0.39, 0.29) is 16.2 Å². The molecule has 0 aromatic heterocycles. The van der Waals surface area contributed by atoms with Gasteiger partial charge < -0.3 is 5.11 Å². The standard InChI is InChI=1S/C11H11F3O3S/c1-6(15)9-5-18(16,17)10-3-2-7(4-8(9)10)11(12,13)14/h2-4,6,9,15H,5H2,1H3. The van der Waals surface area contributed by atoms with Crippen molar-refractivity contribution in [1.29, 1.82) is 0 Å². The van der Waals surface area contributed by atoms with E-state index in [1.807, 2.05) is 0 Å². The van der Waals surface area contributed by atoms with Crippen LogP contribution in [0.4, 0.5) is 13.2 Å². The Bertz CT molecular complexity index is 576. The van der Waals surface area contributed by atoms with Crippen LogP contribution < -0.4 is 0 Å². The van der Waals surface area contributed by atoms with Gasteiger partial charge in [0.2, 0.25) is 0 Å². The van der Waals surface area contributed by atoms with Crippen LogP contribution in [0.25, 0.3) is 0 Å². The maximum absolute atomic E-state index is 12.6. The van der Waals surface area contributed by atoms with Crippen molar-refractivity contribution in [3.05, 3.63) is 29.3 Å². The molecule has 100 valence electrons. The van der Waals surface area contributed by atoms with Crippen molar-refractivity contribution in [1.82, 2.24) is 0 Å². The first-order valence-corrected chi connectivity index (χ1v) is 6.90. The molecule has 0 spiro atoms. The lowest BCUT2D eigenvalue weighted by Crippen LogP contribution is -2.16. The number of halogens is 3. The molecule has 0 amide bonds. The Labute approximate surface area is 102 Å². The van der Waals surface area contributed by atoms with Gasteiger partial charge in [-0.2, -0.15) is 13.2 Å². The summed E-state index contributed by atoms with van der Waals surface area (Å²) in [5.74, 6) is -1.14. The van der Waals surface area contributed by atoms with Gasteiger partial charge in [0, 0.05) is 5.92 Å². The Balaban J connectivity index is 2.61. The number of hydrogen-bond acceptors (Lipinski definition) is 3. The van der Waals surface area contributed by atoms with Gasteiger partial charge in [-0.3, -0.25) is 0 Å². The first kappa shape index (κ1) is 13.4. The fourth-order valence-corrected chi connectivity index (χ4v) is 4.07. The van der Waals surface area contributed by atoms with E-state index >= 15 is 0 Å². The maximum atomic E-state index is 12.6. The average molecular weight is 280 g/mol. The van der Waals surface area contributed by atoms with Gasteiger partial charge in [-0.25, -0.2) is 8.42 Å². The second-order valence-corrected chi connectivity index (χ2v) is 6.38. The van der Waals surface area contributed by atoms with Gasteiger partial charge in [-0.1, -0.05) is 0 Å². The summed E-state index contributed by atoms with van der Waals surface area (Å²) in [5.41, 5.74) is -0.844. The monoisotopic (exact) mass is 280 g/mol. The lowest BCUT2D eigenvalue weighted by atomic mass is 9.95. The molecule has 0 saturated carbocycles. The third kappa shape index (κ3) is 2.12. The topological polar surface area (TPSA) is 54.4 Å². The van der Waals surface area contributed by atoms with Crippen molar-refractivity contribution in [2.45, 2.75) is 30.0 Å². The minimum absolute atomic E-state index is 0.0554. The highest BCUT2D eigenvalue weighted by molar-refractivity contribution is 7.91. The summed E-state index contributed by atoms with van der Waals surface area (Å²) < 4.78 is 61.2. The lowest BCUT2D eigenvalue weighted by molar-refractivity contribution is -0.137. The lowest BCUT2D eigenvalue weighted by Gasteiger charge is -2.14. The smallest absolute Gasteiger partial charge is 0.393 e. The minimum Gasteiger partial charge on any atom is -0.393 e. The summed E-state index contributed by atoms with van der Waals surface area (Å²) >= 11 is 0. The van der Waals surface area contributed by atoms with Crippen molar-refractivity contribution in [3.8, 4) is 0 Å². The van der Waals surface area contributed by atoms with Crippen molar-refractivity contribution < 1.29 is 26.7 Å². The molecule has 1 aromatic carbocycles. The summed E-state index contributed by atoms with van der Waals surface area (Å²) in [4.78, 5) is -0.110. The molecule has 3 nitrogen and oxygen atoms in total. The van der Waals surface area contributed by atoms with Gasteiger partial charge in [0.05, 0.1) is 22.3 Å². The number of rotatable bonds is 1. The number of aliphatic hydroxyl groups excluding tert-OH is 1. The molecule has 1 aliphatic rings. The Hall–Kier alpha value is -1.08. The number of alkyl halides is 3. The summed E-state index contributed by atoms with van der Waals surface area (Å²) in [6.45, 7) is 1.37. The van der Waals surface area contributed by atoms with Crippen molar-refractivity contribution in [2.24, 2.45) is 0 Å². The van der Waals surface area contributed by atoms with Crippen molar-refractivity contribution in [2.75, 3.05) is 5.75 Å². The molecular weight excluding hydrogens is 269 g/mol. The predicted octanol–water partition coefficient (Wildman–Crippen LogP) is 1.96. The first-order chi connectivity index (χ1) is 8.13. The molecular formula is C11H11F3O3S. The molecule has 0 fully saturated rings. The number of aliphatic hydroxyl groups is 1. The largest absolute Gasteiger partial charge is 0.416 e. The molecule has 2 rings (SSSR count).